The van der Waals surface area contributed by atoms with E-state index in [0.717, 1.165) is 32.1 Å². The van der Waals surface area contributed by atoms with Crippen molar-refractivity contribution in [3.8, 4) is 0 Å². The minimum Gasteiger partial charge on any atom is -0.461 e. The maximum absolute atomic E-state index is 12.8. The van der Waals surface area contributed by atoms with Gasteiger partial charge in [0.15, 0.2) is 0 Å². The zero-order chi connectivity index (χ0) is 28.6. The number of rotatable bonds is 11. The first-order valence-corrected chi connectivity index (χ1v) is 14.9. The second-order valence-corrected chi connectivity index (χ2v) is 12.7. The molecule has 38 heavy (non-hydrogen) atoms. The fourth-order valence-corrected chi connectivity index (χ4v) is 5.81. The molecule has 2 aliphatic heterocycles. The molecule has 1 fully saturated rings. The molecule has 1 saturated heterocycles. The summed E-state index contributed by atoms with van der Waals surface area (Å²) in [7, 11) is 0. The Morgan fingerprint density at radius 1 is 1.18 bits per heavy atom. The van der Waals surface area contributed by atoms with Crippen molar-refractivity contribution in [1.29, 1.82) is 0 Å². The molecule has 2 aliphatic rings. The summed E-state index contributed by atoms with van der Waals surface area (Å²) in [6.45, 7) is 15.5. The highest BCUT2D eigenvalue weighted by Gasteiger charge is 2.45. The molecule has 0 aromatic carbocycles. The van der Waals surface area contributed by atoms with Crippen LogP contribution in [-0.4, -0.2) is 58.3 Å². The Hall–Kier alpha value is -1.44. The minimum absolute atomic E-state index is 0.0529. The highest BCUT2D eigenvalue weighted by Crippen LogP contribution is 2.37. The Kier molecular flexibility index (Phi) is 12.8. The number of carbonyl (C=O) groups is 2. The van der Waals surface area contributed by atoms with Crippen LogP contribution in [0.15, 0.2) is 12.2 Å². The summed E-state index contributed by atoms with van der Waals surface area (Å²) >= 11 is 0. The standard InChI is InChI=1S/C31H54O7/c1-9-25(33)23(6)30-26(37-30)17-19(2)11-10-12-21(4)29-22(5)13-14-27(36-24(7)32)31(8,35)16-15-20(3)18-28(34)38-29/h13-14,19-23,25-27,29-30,33,35H,9-12,15-18H2,1-8H3/b14-13+. The molecule has 0 spiro atoms. The Morgan fingerprint density at radius 3 is 2.50 bits per heavy atom. The SMILES string of the molecule is CCC(O)C(C)C1OC1CC(C)CCCC(C)C1OC(=O)CC(C)CCC(C)(O)C(OC(C)=O)/C=C/C1C. The quantitative estimate of drug-likeness (QED) is 0.200. The van der Waals surface area contributed by atoms with E-state index in [1.165, 1.54) is 6.92 Å². The molecule has 2 rings (SSSR count). The van der Waals surface area contributed by atoms with E-state index < -0.39 is 17.7 Å². The number of ether oxygens (including phenoxy) is 3. The number of carbonyl (C=O) groups excluding carboxylic acids is 2. The molecular formula is C31H54O7. The van der Waals surface area contributed by atoms with Crippen molar-refractivity contribution in [2.24, 2.45) is 29.6 Å². The molecule has 0 aromatic heterocycles. The van der Waals surface area contributed by atoms with E-state index in [1.807, 2.05) is 26.8 Å². The van der Waals surface area contributed by atoms with Crippen LogP contribution in [0.4, 0.5) is 0 Å². The van der Waals surface area contributed by atoms with Gasteiger partial charge in [0.25, 0.3) is 0 Å². The zero-order valence-electron chi connectivity index (χ0n) is 25.0. The topological polar surface area (TPSA) is 106 Å². The van der Waals surface area contributed by atoms with Crippen LogP contribution >= 0.6 is 0 Å². The van der Waals surface area contributed by atoms with Gasteiger partial charge in [-0.25, -0.2) is 0 Å². The minimum atomic E-state index is -1.22. The molecule has 11 atom stereocenters. The van der Waals surface area contributed by atoms with Crippen molar-refractivity contribution in [1.82, 2.24) is 0 Å². The van der Waals surface area contributed by atoms with Crippen molar-refractivity contribution in [2.75, 3.05) is 0 Å². The molecule has 2 heterocycles. The molecular weight excluding hydrogens is 484 g/mol. The van der Waals surface area contributed by atoms with Crippen LogP contribution in [0.2, 0.25) is 0 Å². The average Bonchev–Trinajstić information content (AvgIpc) is 3.60. The van der Waals surface area contributed by atoms with Crippen LogP contribution in [0.1, 0.15) is 107 Å². The highest BCUT2D eigenvalue weighted by atomic mass is 16.6. The van der Waals surface area contributed by atoms with Gasteiger partial charge in [0, 0.05) is 25.2 Å². The summed E-state index contributed by atoms with van der Waals surface area (Å²) in [5.74, 6) is 0.180. The van der Waals surface area contributed by atoms with Gasteiger partial charge in [-0.1, -0.05) is 60.5 Å². The number of hydrogen-bond donors (Lipinski definition) is 2. The lowest BCUT2D eigenvalue weighted by atomic mass is 9.84. The zero-order valence-corrected chi connectivity index (χ0v) is 25.0. The predicted octanol–water partition coefficient (Wildman–Crippen LogP) is 5.60. The first-order valence-electron chi connectivity index (χ1n) is 14.9. The lowest BCUT2D eigenvalue weighted by molar-refractivity contribution is -0.157. The van der Waals surface area contributed by atoms with Crippen molar-refractivity contribution in [3.63, 3.8) is 0 Å². The van der Waals surface area contributed by atoms with Crippen LogP contribution in [0.3, 0.4) is 0 Å². The fourth-order valence-electron chi connectivity index (χ4n) is 5.81. The van der Waals surface area contributed by atoms with E-state index in [-0.39, 0.29) is 54.1 Å². The number of cyclic esters (lactones) is 1. The second-order valence-electron chi connectivity index (χ2n) is 12.7. The van der Waals surface area contributed by atoms with Gasteiger partial charge >= 0.3 is 11.9 Å². The first-order chi connectivity index (χ1) is 17.7. The summed E-state index contributed by atoms with van der Waals surface area (Å²) in [4.78, 5) is 24.5. The molecule has 7 heteroatoms. The third-order valence-corrected chi connectivity index (χ3v) is 8.66. The van der Waals surface area contributed by atoms with Gasteiger partial charge < -0.3 is 24.4 Å². The van der Waals surface area contributed by atoms with Crippen molar-refractivity contribution >= 4 is 11.9 Å². The van der Waals surface area contributed by atoms with Crippen molar-refractivity contribution < 1.29 is 34.0 Å². The molecule has 0 saturated carbocycles. The van der Waals surface area contributed by atoms with Crippen LogP contribution in [0.25, 0.3) is 0 Å². The van der Waals surface area contributed by atoms with E-state index in [2.05, 4.69) is 20.8 Å². The van der Waals surface area contributed by atoms with Crippen LogP contribution in [0.5, 0.6) is 0 Å². The summed E-state index contributed by atoms with van der Waals surface area (Å²) in [5, 5.41) is 21.2. The van der Waals surface area contributed by atoms with Gasteiger partial charge in [0.2, 0.25) is 0 Å². The third kappa shape index (κ3) is 10.3. The normalized spacial score (nSPS) is 36.5. The molecule has 0 aliphatic carbocycles. The highest BCUT2D eigenvalue weighted by molar-refractivity contribution is 5.70. The Labute approximate surface area is 230 Å². The lowest BCUT2D eigenvalue weighted by Gasteiger charge is -2.33. The molecule has 0 amide bonds. The molecule has 11 unspecified atom stereocenters. The van der Waals surface area contributed by atoms with E-state index in [9.17, 15) is 19.8 Å². The number of aliphatic hydroxyl groups excluding tert-OH is 1. The second kappa shape index (κ2) is 14.8. The Morgan fingerprint density at radius 2 is 1.87 bits per heavy atom. The molecule has 0 aromatic rings. The Balaban J connectivity index is 1.98. The van der Waals surface area contributed by atoms with Gasteiger partial charge in [-0.3, -0.25) is 9.59 Å². The largest absolute Gasteiger partial charge is 0.461 e. The summed E-state index contributed by atoms with van der Waals surface area (Å²) in [5.41, 5.74) is -1.22. The van der Waals surface area contributed by atoms with Gasteiger partial charge in [-0.15, -0.1) is 0 Å². The molecule has 0 bridgehead atoms. The predicted molar refractivity (Wildman–Crippen MR) is 148 cm³/mol. The Bertz CT molecular complexity index is 778. The monoisotopic (exact) mass is 538 g/mol. The molecule has 2 N–H and O–H groups in total. The van der Waals surface area contributed by atoms with Gasteiger partial charge in [0.05, 0.1) is 18.3 Å². The number of esters is 2. The number of hydrogen-bond acceptors (Lipinski definition) is 7. The van der Waals surface area contributed by atoms with Gasteiger partial charge in [-0.05, 0) is 62.9 Å². The molecule has 0 radical (unpaired) electrons. The summed E-state index contributed by atoms with van der Waals surface area (Å²) < 4.78 is 17.4. The number of epoxide rings is 1. The third-order valence-electron chi connectivity index (χ3n) is 8.66. The lowest BCUT2D eigenvalue weighted by Crippen LogP contribution is -2.42. The molecule has 7 nitrogen and oxygen atoms in total. The smallest absolute Gasteiger partial charge is 0.306 e. The van der Waals surface area contributed by atoms with Crippen molar-refractivity contribution in [2.45, 2.75) is 143 Å². The summed E-state index contributed by atoms with van der Waals surface area (Å²) in [6, 6.07) is 0. The number of aliphatic hydroxyl groups is 2. The van der Waals surface area contributed by atoms with Gasteiger partial charge in [0.1, 0.15) is 17.8 Å². The fraction of sp³-hybridized carbons (Fsp3) is 0.871. The van der Waals surface area contributed by atoms with Crippen LogP contribution in [0, 0.1) is 29.6 Å². The first kappa shape index (κ1) is 32.8. The maximum atomic E-state index is 12.8. The summed E-state index contributed by atoms with van der Waals surface area (Å²) in [6.07, 6.45) is 8.89. The van der Waals surface area contributed by atoms with Crippen LogP contribution in [-0.2, 0) is 23.8 Å². The van der Waals surface area contributed by atoms with Crippen LogP contribution < -0.4 is 0 Å². The van der Waals surface area contributed by atoms with E-state index >= 15 is 0 Å². The van der Waals surface area contributed by atoms with Crippen molar-refractivity contribution in [3.05, 3.63) is 12.2 Å². The average molecular weight is 539 g/mol. The van der Waals surface area contributed by atoms with E-state index in [0.29, 0.717) is 25.2 Å². The molecule has 220 valence electrons. The van der Waals surface area contributed by atoms with E-state index in [1.54, 1.807) is 13.0 Å². The van der Waals surface area contributed by atoms with E-state index in [4.69, 9.17) is 14.2 Å². The van der Waals surface area contributed by atoms with Gasteiger partial charge in [-0.2, -0.15) is 0 Å². The maximum Gasteiger partial charge on any atom is 0.306 e.